The quantitative estimate of drug-likeness (QED) is 0.158. The average molecular weight is 659 g/mol. The second kappa shape index (κ2) is 11.6. The first-order valence-electron chi connectivity index (χ1n) is 14.7. The number of ether oxygens (including phenoxy) is 1. The van der Waals surface area contributed by atoms with Crippen molar-refractivity contribution in [3.8, 4) is 22.9 Å². The first-order chi connectivity index (χ1) is 22.5. The average Bonchev–Trinajstić information content (AvgIpc) is 2.99. The summed E-state index contributed by atoms with van der Waals surface area (Å²) in [4.78, 5) is 65.4. The van der Waals surface area contributed by atoms with Crippen LogP contribution >= 0.6 is 0 Å². The van der Waals surface area contributed by atoms with Crippen molar-refractivity contribution in [2.75, 3.05) is 26.5 Å². The number of aliphatic hydroxyl groups excluding tert-OH is 2. The Labute approximate surface area is 274 Å². The molecule has 3 aliphatic rings. The molecule has 2 aromatic carbocycles. The monoisotopic (exact) mass is 658 g/mol. The molecule has 48 heavy (non-hydrogen) atoms. The molecule has 0 aliphatic heterocycles. The summed E-state index contributed by atoms with van der Waals surface area (Å²) in [6.45, 7) is 0. The van der Waals surface area contributed by atoms with E-state index >= 15 is 0 Å². The second-order valence-corrected chi connectivity index (χ2v) is 12.5. The van der Waals surface area contributed by atoms with Gasteiger partial charge in [0.05, 0.1) is 47.9 Å². The van der Waals surface area contributed by atoms with E-state index in [-0.39, 0.29) is 24.8 Å². The number of nitrogens with zero attached hydrogens (tertiary/aromatic N) is 2. The van der Waals surface area contributed by atoms with Crippen molar-refractivity contribution in [3.05, 3.63) is 64.4 Å². The van der Waals surface area contributed by atoms with Crippen molar-refractivity contribution in [2.24, 2.45) is 22.6 Å². The maximum Gasteiger partial charge on any atom is 0.306 e. The topological polar surface area (TPSA) is 272 Å². The van der Waals surface area contributed by atoms with E-state index in [2.05, 4.69) is 10.1 Å². The molecule has 3 aliphatic carbocycles. The summed E-state index contributed by atoms with van der Waals surface area (Å²) < 4.78 is 4.55. The van der Waals surface area contributed by atoms with Gasteiger partial charge in [-0.3, -0.25) is 28.9 Å². The number of nitriles is 1. The van der Waals surface area contributed by atoms with E-state index in [1.165, 1.54) is 32.2 Å². The Hall–Kier alpha value is -5.56. The van der Waals surface area contributed by atoms with Gasteiger partial charge in [-0.05, 0) is 61.8 Å². The second-order valence-electron chi connectivity index (χ2n) is 12.5. The van der Waals surface area contributed by atoms with Crippen LogP contribution in [-0.4, -0.2) is 87.9 Å². The zero-order valence-corrected chi connectivity index (χ0v) is 26.3. The molecule has 4 atom stereocenters. The van der Waals surface area contributed by atoms with Crippen LogP contribution in [0.15, 0.2) is 53.3 Å². The molecular formula is C33H34N6O9. The molecule has 1 saturated carbocycles. The number of nitrogens with two attached hydrogens (primary N) is 3. The first kappa shape index (κ1) is 33.8. The number of nitrogens with one attached hydrogen (secondary N) is 1. The molecule has 0 spiro atoms. The number of phenols is 1. The molecule has 5 rings (SSSR count). The fourth-order valence-corrected chi connectivity index (χ4v) is 7.38. The van der Waals surface area contributed by atoms with E-state index in [0.717, 1.165) is 0 Å². The molecular weight excluding hydrogens is 624 g/mol. The zero-order chi connectivity index (χ0) is 35.5. The van der Waals surface area contributed by atoms with Gasteiger partial charge in [0.25, 0.3) is 5.91 Å². The molecule has 15 heteroatoms. The number of methoxy groups -OCH3 is 1. The van der Waals surface area contributed by atoms with Crippen LogP contribution < -0.4 is 22.5 Å². The van der Waals surface area contributed by atoms with Crippen LogP contribution in [0, 0.1) is 16.7 Å². The van der Waals surface area contributed by atoms with E-state index in [0.29, 0.717) is 22.4 Å². The molecule has 10 N–H and O–H groups in total. The van der Waals surface area contributed by atoms with Crippen molar-refractivity contribution in [2.45, 2.75) is 42.8 Å². The number of amides is 2. The molecule has 2 aromatic rings. The number of likely N-dealkylation sites (N-methyl/N-ethyl adjacent to an activating group) is 1. The predicted octanol–water partition coefficient (Wildman–Crippen LogP) is 0.464. The minimum Gasteiger partial charge on any atom is -0.509 e. The lowest BCUT2D eigenvalue weighted by Crippen LogP contribution is -2.80. The third-order valence-corrected chi connectivity index (χ3v) is 9.40. The number of fused-ring (bicyclic) bond motifs is 3. The number of aliphatic hydroxyl groups is 2. The number of benzene rings is 2. The fourth-order valence-electron chi connectivity index (χ4n) is 7.38. The highest BCUT2D eigenvalue weighted by Crippen LogP contribution is 2.58. The van der Waals surface area contributed by atoms with E-state index < -0.39 is 86.7 Å². The van der Waals surface area contributed by atoms with Crippen LogP contribution in [0.5, 0.6) is 5.75 Å². The first-order valence-corrected chi connectivity index (χ1v) is 14.7. The number of ketones is 2. The number of esters is 1. The van der Waals surface area contributed by atoms with Crippen molar-refractivity contribution in [1.29, 1.82) is 5.26 Å². The van der Waals surface area contributed by atoms with Gasteiger partial charge in [0.1, 0.15) is 22.8 Å². The molecule has 1 fully saturated rings. The molecule has 0 aromatic heterocycles. The molecule has 15 nitrogen and oxygen atoms in total. The van der Waals surface area contributed by atoms with Gasteiger partial charge in [-0.1, -0.05) is 18.2 Å². The summed E-state index contributed by atoms with van der Waals surface area (Å²) in [5.41, 5.74) is 12.6. The summed E-state index contributed by atoms with van der Waals surface area (Å²) in [6.07, 6.45) is -0.897. The lowest BCUT2D eigenvalue weighted by atomic mass is 9.47. The zero-order valence-electron chi connectivity index (χ0n) is 26.3. The van der Waals surface area contributed by atoms with Crippen molar-refractivity contribution < 1.29 is 44.0 Å². The lowest BCUT2D eigenvalue weighted by molar-refractivity contribution is -0.142. The van der Waals surface area contributed by atoms with Crippen LogP contribution in [0.2, 0.25) is 0 Å². The Morgan fingerprint density at radius 1 is 1.06 bits per heavy atom. The van der Waals surface area contributed by atoms with Crippen LogP contribution in [0.4, 0.5) is 5.69 Å². The van der Waals surface area contributed by atoms with Gasteiger partial charge in [-0.25, -0.2) is 0 Å². The molecule has 250 valence electrons. The largest absolute Gasteiger partial charge is 0.509 e. The van der Waals surface area contributed by atoms with Gasteiger partial charge >= 0.3 is 5.97 Å². The highest BCUT2D eigenvalue weighted by Gasteiger charge is 2.74. The van der Waals surface area contributed by atoms with E-state index in [1.807, 2.05) is 0 Å². The minimum atomic E-state index is -2.76. The highest BCUT2D eigenvalue weighted by molar-refractivity contribution is 6.25. The Balaban J connectivity index is 1.64. The summed E-state index contributed by atoms with van der Waals surface area (Å²) >= 11 is 0. The van der Waals surface area contributed by atoms with E-state index in [1.54, 1.807) is 36.4 Å². The molecule has 0 bridgehead atoms. The number of carbonyl (C=O) groups is 5. The number of rotatable bonds is 7. The number of primary amides is 1. The van der Waals surface area contributed by atoms with Crippen LogP contribution in [0.1, 0.15) is 30.4 Å². The predicted molar refractivity (Wildman–Crippen MR) is 170 cm³/mol. The van der Waals surface area contributed by atoms with Crippen molar-refractivity contribution in [3.63, 3.8) is 0 Å². The van der Waals surface area contributed by atoms with Crippen molar-refractivity contribution in [1.82, 2.24) is 4.90 Å². The standard InChI is InChI=1S/C33H34N6O9/c1-39(2)27-26(44)23(30(35)47)28(45)32(14-34)29(46)24-25(43)22-18(12-31(24,36)13-33(27,32)37)17(8-9-19(22)40)15-4-6-16(7-5-15)38-20(41)10-11-21(42)48-3/h4-9,27,40,43,45H,10-13,36-37H2,1-3H3,(H2,35,47)(H,38,41)/t27-,31-,32+,33-/m1/s1. The van der Waals surface area contributed by atoms with E-state index in [9.17, 15) is 44.6 Å². The molecule has 0 unspecified atom stereocenters. The van der Waals surface area contributed by atoms with Gasteiger partial charge in [0, 0.05) is 12.1 Å². The third-order valence-electron chi connectivity index (χ3n) is 9.40. The maximum atomic E-state index is 14.5. The van der Waals surface area contributed by atoms with Crippen LogP contribution in [0.3, 0.4) is 0 Å². The summed E-state index contributed by atoms with van der Waals surface area (Å²) in [6, 6.07) is 9.62. The Morgan fingerprint density at radius 2 is 1.71 bits per heavy atom. The van der Waals surface area contributed by atoms with E-state index in [4.69, 9.17) is 17.2 Å². The van der Waals surface area contributed by atoms with Gasteiger partial charge < -0.3 is 42.6 Å². The van der Waals surface area contributed by atoms with Gasteiger partial charge in [0.15, 0.2) is 17.0 Å². The SMILES string of the molecule is COC(=O)CCC(=O)Nc1ccc(-c2ccc(O)c3c2C[C@@]2(N)C[C@@]4(N)[C@H](N(C)C)C(=O)C(C(N)=O)=C(O)[C@@]4(C#N)C(=O)C2=C3O)cc1. The number of carbonyl (C=O) groups excluding carboxylic acids is 5. The lowest BCUT2D eigenvalue weighted by Gasteiger charge is -2.58. The van der Waals surface area contributed by atoms with Crippen LogP contribution in [0.25, 0.3) is 16.9 Å². The summed E-state index contributed by atoms with van der Waals surface area (Å²) in [7, 11) is 4.10. The maximum absolute atomic E-state index is 14.5. The fraction of sp³-hybridized carbons (Fsp3) is 0.333. The van der Waals surface area contributed by atoms with Gasteiger partial charge in [-0.2, -0.15) is 5.26 Å². The number of hydrogen-bond donors (Lipinski definition) is 7. The normalized spacial score (nSPS) is 26.3. The van der Waals surface area contributed by atoms with Gasteiger partial charge in [-0.15, -0.1) is 0 Å². The van der Waals surface area contributed by atoms with Crippen molar-refractivity contribution >= 4 is 40.8 Å². The molecule has 0 saturated heterocycles. The number of aromatic hydroxyl groups is 1. The third kappa shape index (κ3) is 4.72. The van der Waals surface area contributed by atoms with Crippen LogP contribution in [-0.2, 0) is 35.1 Å². The molecule has 0 heterocycles. The number of anilines is 1. The number of phenolic OH excluding ortho intramolecular Hbond substituents is 1. The summed E-state index contributed by atoms with van der Waals surface area (Å²) in [5, 5.41) is 47.2. The minimum absolute atomic E-state index is 0.0848. The number of hydrogen-bond acceptors (Lipinski definition) is 13. The molecule has 0 radical (unpaired) electrons. The Bertz CT molecular complexity index is 1910. The summed E-state index contributed by atoms with van der Waals surface area (Å²) in [5.74, 6) is -6.95. The Kier molecular flexibility index (Phi) is 8.17. The smallest absolute Gasteiger partial charge is 0.306 e. The molecule has 2 amide bonds. The van der Waals surface area contributed by atoms with Gasteiger partial charge in [0.2, 0.25) is 5.91 Å². The highest BCUT2D eigenvalue weighted by atomic mass is 16.5. The Morgan fingerprint density at radius 3 is 2.27 bits per heavy atom. The number of Topliss-reactive ketones (excluding diaryl/α,β-unsaturated/α-hetero) is 2.